The van der Waals surface area contributed by atoms with Gasteiger partial charge >= 0.3 is 6.18 Å². The Kier molecular flexibility index (Phi) is 6.03. The van der Waals surface area contributed by atoms with E-state index in [0.29, 0.717) is 18.9 Å². The number of hydrogen-bond donors (Lipinski definition) is 1. The third kappa shape index (κ3) is 4.81. The number of alkyl halides is 3. The molecule has 1 N–H and O–H groups in total. The summed E-state index contributed by atoms with van der Waals surface area (Å²) in [4.78, 5) is 28.2. The number of carbonyl (C=O) groups excluding carboxylic acids is 2. The second-order valence-corrected chi connectivity index (χ2v) is 11.6. The first-order valence-electron chi connectivity index (χ1n) is 11.6. The number of nitrogens with one attached hydrogen (secondary N) is 1. The maximum Gasteiger partial charge on any atom is 0.416 e. The van der Waals surface area contributed by atoms with E-state index in [1.165, 1.54) is 29.2 Å². The van der Waals surface area contributed by atoms with Gasteiger partial charge in [-0.25, -0.2) is 12.8 Å². The molecule has 1 aliphatic heterocycles. The van der Waals surface area contributed by atoms with Gasteiger partial charge in [0.2, 0.25) is 5.91 Å². The van der Waals surface area contributed by atoms with Gasteiger partial charge in [0.1, 0.15) is 11.9 Å². The highest BCUT2D eigenvalue weighted by molar-refractivity contribution is 7.90. The first-order valence-corrected chi connectivity index (χ1v) is 13.5. The van der Waals surface area contributed by atoms with Crippen molar-refractivity contribution in [1.29, 1.82) is 0 Å². The maximum atomic E-state index is 14.8. The van der Waals surface area contributed by atoms with Gasteiger partial charge in [0.25, 0.3) is 5.91 Å². The molecule has 6 nitrogen and oxygen atoms in total. The fraction of sp³-hybridized carbons (Fsp3) is 0.346. The third-order valence-corrected chi connectivity index (χ3v) is 8.07. The summed E-state index contributed by atoms with van der Waals surface area (Å²) < 4.78 is 77.7. The van der Waals surface area contributed by atoms with E-state index in [1.807, 2.05) is 0 Å². The molecular weight excluding hydrogens is 512 g/mol. The lowest BCUT2D eigenvalue weighted by atomic mass is 9.88. The minimum absolute atomic E-state index is 0.0366. The van der Waals surface area contributed by atoms with E-state index in [9.17, 15) is 35.6 Å². The second-order valence-electron chi connectivity index (χ2n) is 9.60. The molecule has 3 atom stereocenters. The number of rotatable bonds is 6. The number of sulfone groups is 1. The van der Waals surface area contributed by atoms with E-state index >= 15 is 0 Å². The molecule has 1 heterocycles. The van der Waals surface area contributed by atoms with E-state index in [0.717, 1.165) is 24.0 Å². The number of hydrogen-bond acceptors (Lipinski definition) is 4. The SMILES string of the molecule is CS(=O)(=O)c1cccc(C(=O)N2CC3=C=C[C@@H]3[C@@H]2C(=O)N[C@@H](c2ccc(C(F)(F)F)cc2F)C2CC2)c1. The molecule has 2 aromatic carbocycles. The van der Waals surface area contributed by atoms with Crippen LogP contribution in [0, 0.1) is 17.7 Å². The molecule has 0 bridgehead atoms. The molecule has 11 heteroatoms. The van der Waals surface area contributed by atoms with Crippen LogP contribution in [-0.2, 0) is 20.8 Å². The van der Waals surface area contributed by atoms with E-state index < -0.39 is 57.2 Å². The summed E-state index contributed by atoms with van der Waals surface area (Å²) in [7, 11) is -3.57. The Balaban J connectivity index is 1.41. The van der Waals surface area contributed by atoms with E-state index in [1.54, 1.807) is 6.08 Å². The number of halogens is 4. The topological polar surface area (TPSA) is 83.6 Å². The number of benzene rings is 2. The molecule has 0 unspecified atom stereocenters. The average Bonchev–Trinajstić information content (AvgIpc) is 3.61. The summed E-state index contributed by atoms with van der Waals surface area (Å²) in [5, 5.41) is 2.78. The third-order valence-electron chi connectivity index (χ3n) is 6.96. The summed E-state index contributed by atoms with van der Waals surface area (Å²) >= 11 is 0. The van der Waals surface area contributed by atoms with Crippen LogP contribution in [0.5, 0.6) is 0 Å². The predicted octanol–water partition coefficient (Wildman–Crippen LogP) is 4.05. The van der Waals surface area contributed by atoms with Gasteiger partial charge in [-0.1, -0.05) is 12.1 Å². The molecule has 37 heavy (non-hydrogen) atoms. The van der Waals surface area contributed by atoms with E-state index in [4.69, 9.17) is 0 Å². The summed E-state index contributed by atoms with van der Waals surface area (Å²) in [6, 6.07) is 5.94. The maximum absolute atomic E-state index is 14.8. The normalized spacial score (nSPS) is 21.6. The van der Waals surface area contributed by atoms with Crippen LogP contribution >= 0.6 is 0 Å². The largest absolute Gasteiger partial charge is 0.416 e. The van der Waals surface area contributed by atoms with Gasteiger partial charge in [0.05, 0.1) is 23.0 Å². The number of likely N-dealkylation sites (tertiary alicyclic amines) is 1. The van der Waals surface area contributed by atoms with Crippen molar-refractivity contribution >= 4 is 21.7 Å². The van der Waals surface area contributed by atoms with Crippen molar-refractivity contribution in [3.8, 4) is 0 Å². The van der Waals surface area contributed by atoms with Crippen LogP contribution in [0.25, 0.3) is 0 Å². The first-order chi connectivity index (χ1) is 17.3. The number of nitrogens with zero attached hydrogens (tertiary/aromatic N) is 1. The van der Waals surface area contributed by atoms with Crippen LogP contribution in [0.15, 0.2) is 64.7 Å². The van der Waals surface area contributed by atoms with Crippen molar-refractivity contribution in [2.45, 2.75) is 36.0 Å². The molecule has 2 aromatic rings. The Bertz CT molecular complexity index is 1470. The zero-order chi connectivity index (χ0) is 26.7. The fourth-order valence-corrected chi connectivity index (χ4v) is 5.47. The molecule has 0 radical (unpaired) electrons. The van der Waals surface area contributed by atoms with Crippen molar-refractivity contribution in [2.24, 2.45) is 11.8 Å². The van der Waals surface area contributed by atoms with Crippen LogP contribution in [0.1, 0.15) is 40.4 Å². The zero-order valence-corrected chi connectivity index (χ0v) is 20.4. The minimum Gasteiger partial charge on any atom is -0.347 e. The average molecular weight is 535 g/mol. The van der Waals surface area contributed by atoms with Crippen LogP contribution in [0.2, 0.25) is 0 Å². The van der Waals surface area contributed by atoms with Gasteiger partial charge in [-0.3, -0.25) is 9.59 Å². The van der Waals surface area contributed by atoms with Gasteiger partial charge in [-0.2, -0.15) is 13.2 Å². The van der Waals surface area contributed by atoms with Crippen LogP contribution in [0.3, 0.4) is 0 Å². The van der Waals surface area contributed by atoms with Crippen molar-refractivity contribution in [1.82, 2.24) is 10.2 Å². The molecule has 0 aromatic heterocycles. The van der Waals surface area contributed by atoms with Gasteiger partial charge in [-0.05, 0) is 55.2 Å². The summed E-state index contributed by atoms with van der Waals surface area (Å²) in [6.45, 7) is 0.115. The molecular formula is C26H22F4N2O4S. The summed E-state index contributed by atoms with van der Waals surface area (Å²) in [5.74, 6) is -2.72. The summed E-state index contributed by atoms with van der Waals surface area (Å²) in [5.41, 5.74) is 2.64. The van der Waals surface area contributed by atoms with Crippen LogP contribution in [-0.4, -0.2) is 44.0 Å². The van der Waals surface area contributed by atoms with Gasteiger partial charge in [0.15, 0.2) is 9.84 Å². The highest BCUT2D eigenvalue weighted by Gasteiger charge is 2.48. The van der Waals surface area contributed by atoms with Gasteiger partial charge in [-0.15, -0.1) is 5.73 Å². The molecule has 3 aliphatic rings. The predicted molar refractivity (Wildman–Crippen MR) is 124 cm³/mol. The summed E-state index contributed by atoms with van der Waals surface area (Å²) in [6.07, 6.45) is -0.673. The smallest absolute Gasteiger partial charge is 0.347 e. The molecule has 5 rings (SSSR count). The van der Waals surface area contributed by atoms with E-state index in [-0.39, 0.29) is 28.5 Å². The Morgan fingerprint density at radius 2 is 1.86 bits per heavy atom. The van der Waals surface area contributed by atoms with Gasteiger partial charge < -0.3 is 10.2 Å². The Morgan fingerprint density at radius 1 is 1.14 bits per heavy atom. The number of fused-ring (bicyclic) bond motifs is 1. The first kappa shape index (κ1) is 25.2. The second kappa shape index (κ2) is 8.85. The highest BCUT2D eigenvalue weighted by atomic mass is 32.2. The van der Waals surface area contributed by atoms with Crippen molar-refractivity contribution in [2.75, 3.05) is 12.8 Å². The van der Waals surface area contributed by atoms with Crippen molar-refractivity contribution in [3.05, 3.63) is 82.4 Å². The monoisotopic (exact) mass is 534 g/mol. The van der Waals surface area contributed by atoms with Crippen LogP contribution in [0.4, 0.5) is 17.6 Å². The lowest BCUT2D eigenvalue weighted by molar-refractivity contribution is -0.137. The lowest BCUT2D eigenvalue weighted by Gasteiger charge is -2.29. The molecule has 0 spiro atoms. The van der Waals surface area contributed by atoms with E-state index in [2.05, 4.69) is 11.0 Å². The quantitative estimate of drug-likeness (QED) is 0.448. The minimum atomic E-state index is -4.70. The lowest BCUT2D eigenvalue weighted by Crippen LogP contribution is -2.49. The molecule has 2 aliphatic carbocycles. The fourth-order valence-electron chi connectivity index (χ4n) is 4.81. The molecule has 1 saturated heterocycles. The molecule has 2 fully saturated rings. The Hall–Kier alpha value is -3.43. The highest BCUT2D eigenvalue weighted by Crippen LogP contribution is 2.43. The Labute approximate surface area is 210 Å². The van der Waals surface area contributed by atoms with Crippen molar-refractivity contribution in [3.63, 3.8) is 0 Å². The van der Waals surface area contributed by atoms with Crippen molar-refractivity contribution < 1.29 is 35.6 Å². The van der Waals surface area contributed by atoms with Gasteiger partial charge in [0, 0.05) is 28.9 Å². The number of amides is 2. The number of carbonyl (C=O) groups is 2. The standard InChI is InChI=1S/C26H22F4N2O4S/c1-37(35,36)18-4-2-3-15(11-18)25(34)32-13-16-7-9-19(16)23(32)24(33)31-22(14-5-6-14)20-10-8-17(12-21(20)27)26(28,29)30/h2-4,8-12,14,19,22-23H,5-6,13H2,1H3,(H,31,33)/t19-,22+,23+/m0/s1. The molecule has 1 saturated carbocycles. The molecule has 194 valence electrons. The molecule has 2 amide bonds. The Morgan fingerprint density at radius 3 is 2.43 bits per heavy atom. The zero-order valence-electron chi connectivity index (χ0n) is 19.5. The van der Waals surface area contributed by atoms with Crippen LogP contribution < -0.4 is 5.32 Å².